The van der Waals surface area contributed by atoms with Gasteiger partial charge in [-0.3, -0.25) is 14.4 Å². The van der Waals surface area contributed by atoms with Gasteiger partial charge in [-0.2, -0.15) is 0 Å². The number of carbonyl (C=O) groups excluding carboxylic acids is 3. The van der Waals surface area contributed by atoms with Crippen LogP contribution in [0.3, 0.4) is 0 Å². The number of rotatable bonds is 62. The molecule has 0 fully saturated rings. The van der Waals surface area contributed by atoms with Crippen LogP contribution in [0.5, 0.6) is 0 Å². The normalized spacial score (nSPS) is 12.7. The van der Waals surface area contributed by atoms with E-state index in [2.05, 4.69) is 118 Å². The molecule has 460 valence electrons. The highest BCUT2D eigenvalue weighted by atomic mass is 16.6. The lowest BCUT2D eigenvalue weighted by Gasteiger charge is -2.18. The fraction of sp³-hybridized carbons (Fsp3) is 0.743. The topological polar surface area (TPSA) is 78.9 Å². The predicted molar refractivity (Wildman–Crippen MR) is 348 cm³/mol. The Bertz CT molecular complexity index is 1560. The number of esters is 3. The molecule has 0 N–H and O–H groups in total. The first-order chi connectivity index (χ1) is 39.5. The lowest BCUT2D eigenvalue weighted by molar-refractivity contribution is -0.167. The summed E-state index contributed by atoms with van der Waals surface area (Å²) >= 11 is 0. The van der Waals surface area contributed by atoms with Crippen molar-refractivity contribution in [2.45, 2.75) is 341 Å². The van der Waals surface area contributed by atoms with Crippen molar-refractivity contribution in [2.24, 2.45) is 0 Å². The van der Waals surface area contributed by atoms with Gasteiger partial charge in [-0.1, -0.05) is 330 Å². The third-order valence-electron chi connectivity index (χ3n) is 14.9. The molecule has 1 atom stereocenters. The minimum absolute atomic E-state index is 0.0872. The van der Waals surface area contributed by atoms with Gasteiger partial charge in [0.25, 0.3) is 0 Å². The fourth-order valence-corrected chi connectivity index (χ4v) is 9.76. The number of carbonyl (C=O) groups is 3. The molecule has 0 aliphatic heterocycles. The van der Waals surface area contributed by atoms with Gasteiger partial charge in [0.05, 0.1) is 0 Å². The second kappa shape index (κ2) is 67.8. The minimum atomic E-state index is -0.794. The van der Waals surface area contributed by atoms with Crippen LogP contribution in [0.15, 0.2) is 97.2 Å². The Labute approximate surface area is 496 Å². The van der Waals surface area contributed by atoms with Crippen LogP contribution in [0.4, 0.5) is 0 Å². The van der Waals surface area contributed by atoms with E-state index in [1.807, 2.05) is 0 Å². The molecule has 0 aromatic heterocycles. The Morgan fingerprint density at radius 2 is 0.487 bits per heavy atom. The van der Waals surface area contributed by atoms with Crippen LogP contribution in [0.25, 0.3) is 0 Å². The number of ether oxygens (including phenoxy) is 3. The zero-order valence-electron chi connectivity index (χ0n) is 52.8. The average Bonchev–Trinajstić information content (AvgIpc) is 3.46. The largest absolute Gasteiger partial charge is 0.462 e. The summed E-state index contributed by atoms with van der Waals surface area (Å²) in [6.45, 7) is 6.53. The van der Waals surface area contributed by atoms with Crippen molar-refractivity contribution in [2.75, 3.05) is 13.2 Å². The molecule has 0 aromatic rings. The summed E-state index contributed by atoms with van der Waals surface area (Å²) in [7, 11) is 0. The molecule has 0 spiro atoms. The first-order valence-corrected chi connectivity index (χ1v) is 34.2. The standard InChI is InChI=1S/C74H128O6/c1-4-7-10-13-16-19-22-25-27-29-31-33-35-36-37-38-40-41-43-45-47-49-52-55-58-61-64-67-73(76)79-70-71(69-78-72(75)66-63-60-57-54-51-24-21-18-15-12-9-6-3)80-74(77)68-65-62-59-56-53-50-48-46-44-42-39-34-32-30-28-26-23-20-17-14-11-8-5-2/h7,10,16,19,25,27,31,33,36-37,40-41,45,47,52,55,71H,4-6,8-9,11-15,17-18,20-24,26,28-30,32,34-35,38-39,42-44,46,48-51,53-54,56-70H2,1-3H3/b10-7-,19-16-,27-25-,33-31-,37-36-,41-40-,47-45-,55-52-. The monoisotopic (exact) mass is 1110 g/mol. The lowest BCUT2D eigenvalue weighted by atomic mass is 10.0. The Kier molecular flexibility index (Phi) is 64.7. The summed E-state index contributed by atoms with van der Waals surface area (Å²) in [6.07, 6.45) is 91.5. The van der Waals surface area contributed by atoms with E-state index < -0.39 is 6.10 Å². The van der Waals surface area contributed by atoms with Crippen LogP contribution >= 0.6 is 0 Å². The highest BCUT2D eigenvalue weighted by molar-refractivity contribution is 5.71. The van der Waals surface area contributed by atoms with Gasteiger partial charge in [-0.15, -0.1) is 0 Å². The molecular formula is C74H128O6. The molecule has 0 aromatic carbocycles. The van der Waals surface area contributed by atoms with E-state index in [1.165, 1.54) is 186 Å². The van der Waals surface area contributed by atoms with Crippen LogP contribution < -0.4 is 0 Å². The highest BCUT2D eigenvalue weighted by Gasteiger charge is 2.19. The van der Waals surface area contributed by atoms with Crippen LogP contribution in [0.2, 0.25) is 0 Å². The third-order valence-corrected chi connectivity index (χ3v) is 14.9. The van der Waals surface area contributed by atoms with Gasteiger partial charge in [0, 0.05) is 19.3 Å². The zero-order valence-corrected chi connectivity index (χ0v) is 52.8. The smallest absolute Gasteiger partial charge is 0.306 e. The third kappa shape index (κ3) is 65.1. The molecule has 0 radical (unpaired) electrons. The van der Waals surface area contributed by atoms with Gasteiger partial charge in [0.15, 0.2) is 6.10 Å². The highest BCUT2D eigenvalue weighted by Crippen LogP contribution is 2.17. The summed E-state index contributed by atoms with van der Waals surface area (Å²) < 4.78 is 16.9. The molecule has 0 amide bonds. The van der Waals surface area contributed by atoms with Gasteiger partial charge in [0.1, 0.15) is 13.2 Å². The number of hydrogen-bond acceptors (Lipinski definition) is 6. The van der Waals surface area contributed by atoms with E-state index in [1.54, 1.807) is 0 Å². The van der Waals surface area contributed by atoms with E-state index in [0.717, 1.165) is 109 Å². The van der Waals surface area contributed by atoms with Crippen molar-refractivity contribution in [1.82, 2.24) is 0 Å². The summed E-state index contributed by atoms with van der Waals surface area (Å²) in [6, 6.07) is 0. The number of hydrogen-bond donors (Lipinski definition) is 0. The second-order valence-corrected chi connectivity index (χ2v) is 22.7. The molecule has 0 saturated carbocycles. The number of allylic oxidation sites excluding steroid dienone is 16. The molecule has 0 aliphatic rings. The van der Waals surface area contributed by atoms with Crippen molar-refractivity contribution in [3.63, 3.8) is 0 Å². The van der Waals surface area contributed by atoms with E-state index in [-0.39, 0.29) is 31.1 Å². The minimum Gasteiger partial charge on any atom is -0.462 e. The summed E-state index contributed by atoms with van der Waals surface area (Å²) in [5, 5.41) is 0. The molecule has 0 heterocycles. The maximum atomic E-state index is 12.9. The van der Waals surface area contributed by atoms with E-state index in [4.69, 9.17) is 14.2 Å². The second-order valence-electron chi connectivity index (χ2n) is 22.7. The predicted octanol–water partition coefficient (Wildman–Crippen LogP) is 23.6. The molecule has 6 nitrogen and oxygen atoms in total. The van der Waals surface area contributed by atoms with Gasteiger partial charge in [0.2, 0.25) is 0 Å². The fourth-order valence-electron chi connectivity index (χ4n) is 9.76. The van der Waals surface area contributed by atoms with Crippen molar-refractivity contribution in [3.8, 4) is 0 Å². The van der Waals surface area contributed by atoms with Crippen LogP contribution in [0, 0.1) is 0 Å². The molecule has 80 heavy (non-hydrogen) atoms. The van der Waals surface area contributed by atoms with Crippen molar-refractivity contribution < 1.29 is 28.6 Å². The van der Waals surface area contributed by atoms with E-state index in [0.29, 0.717) is 19.3 Å². The van der Waals surface area contributed by atoms with Crippen molar-refractivity contribution in [1.29, 1.82) is 0 Å². The Morgan fingerprint density at radius 3 is 0.762 bits per heavy atom. The Balaban J connectivity index is 4.35. The first-order valence-electron chi connectivity index (χ1n) is 34.2. The first kappa shape index (κ1) is 76.3. The van der Waals surface area contributed by atoms with Gasteiger partial charge < -0.3 is 14.2 Å². The average molecular weight is 1110 g/mol. The van der Waals surface area contributed by atoms with Crippen LogP contribution in [0.1, 0.15) is 335 Å². The molecular weight excluding hydrogens is 985 g/mol. The van der Waals surface area contributed by atoms with Gasteiger partial charge >= 0.3 is 17.9 Å². The summed E-state index contributed by atoms with van der Waals surface area (Å²) in [5.41, 5.74) is 0. The molecule has 0 aliphatic carbocycles. The van der Waals surface area contributed by atoms with Crippen molar-refractivity contribution in [3.05, 3.63) is 97.2 Å². The molecule has 0 rings (SSSR count). The summed E-state index contributed by atoms with van der Waals surface area (Å²) in [4.78, 5) is 38.3. The molecule has 1 unspecified atom stereocenters. The molecule has 0 saturated heterocycles. The molecule has 0 bridgehead atoms. The Morgan fingerprint density at radius 1 is 0.263 bits per heavy atom. The Hall–Kier alpha value is -3.67. The molecule has 6 heteroatoms. The zero-order chi connectivity index (χ0) is 57.8. The maximum Gasteiger partial charge on any atom is 0.306 e. The van der Waals surface area contributed by atoms with E-state index >= 15 is 0 Å². The maximum absolute atomic E-state index is 12.9. The quantitative estimate of drug-likeness (QED) is 0.0261. The van der Waals surface area contributed by atoms with Crippen LogP contribution in [-0.4, -0.2) is 37.2 Å². The summed E-state index contributed by atoms with van der Waals surface area (Å²) in [5.74, 6) is -0.917. The van der Waals surface area contributed by atoms with Gasteiger partial charge in [-0.25, -0.2) is 0 Å². The SMILES string of the molecule is CC/C=C\C/C=C\C/C=C\C/C=C\C/C=C\C/C=C\C/C=C\C/C=C\CCCCC(=O)OCC(COC(=O)CCCCCCCCCCCCCC)OC(=O)CCCCCCCCCCCCCCCCCCCCCCCCC. The number of unbranched alkanes of at least 4 members (excludes halogenated alkanes) is 35. The van der Waals surface area contributed by atoms with Crippen LogP contribution in [-0.2, 0) is 28.6 Å². The lowest BCUT2D eigenvalue weighted by Crippen LogP contribution is -2.30. The van der Waals surface area contributed by atoms with E-state index in [9.17, 15) is 14.4 Å². The van der Waals surface area contributed by atoms with Gasteiger partial charge in [-0.05, 0) is 83.5 Å². The van der Waals surface area contributed by atoms with Crippen molar-refractivity contribution >= 4 is 17.9 Å².